The molecular weight excluding hydrogens is 300 g/mol. The van der Waals surface area contributed by atoms with Gasteiger partial charge in [-0.05, 0) is 55.6 Å². The van der Waals surface area contributed by atoms with Crippen LogP contribution in [0.25, 0.3) is 0 Å². The van der Waals surface area contributed by atoms with Gasteiger partial charge in [0.05, 0.1) is 7.11 Å². The van der Waals surface area contributed by atoms with E-state index >= 15 is 0 Å². The Morgan fingerprint density at radius 1 is 1.27 bits per heavy atom. The van der Waals surface area contributed by atoms with Crippen LogP contribution in [0.5, 0.6) is 5.75 Å². The lowest BCUT2D eigenvalue weighted by atomic mass is 9.94. The fraction of sp³-hybridized carbons (Fsp3) is 0.562. The van der Waals surface area contributed by atoms with Gasteiger partial charge in [-0.1, -0.05) is 6.07 Å². The number of nitrogens with one attached hydrogen (secondary N) is 1. The molecule has 1 saturated heterocycles. The molecule has 1 aromatic rings. The first-order valence-electron chi connectivity index (χ1n) is 7.76. The van der Waals surface area contributed by atoms with Crippen LogP contribution in [0.4, 0.5) is 0 Å². The highest BCUT2D eigenvalue weighted by atomic mass is 32.2. The van der Waals surface area contributed by atoms with Crippen LogP contribution in [-0.4, -0.2) is 45.1 Å². The summed E-state index contributed by atoms with van der Waals surface area (Å²) in [4.78, 5) is 2.65. The van der Waals surface area contributed by atoms with E-state index in [2.05, 4.69) is 11.4 Å². The van der Waals surface area contributed by atoms with Crippen LogP contribution < -0.4 is 10.1 Å². The minimum atomic E-state index is -2.14. The van der Waals surface area contributed by atoms with Gasteiger partial charge in [0.15, 0.2) is 0 Å². The number of methoxy groups -OCH3 is 1. The smallest absolute Gasteiger partial charge is 0.228 e. The normalized spacial score (nSPS) is 19.5. The van der Waals surface area contributed by atoms with E-state index in [0.717, 1.165) is 44.6 Å². The molecule has 1 fully saturated rings. The molecule has 2 aliphatic rings. The van der Waals surface area contributed by atoms with Gasteiger partial charge in [-0.2, -0.15) is 8.42 Å². The number of piperidine rings is 1. The number of benzene rings is 1. The van der Waals surface area contributed by atoms with E-state index < -0.39 is 10.3 Å². The lowest BCUT2D eigenvalue weighted by Crippen LogP contribution is -2.43. The number of fused-ring (bicyclic) bond motifs is 1. The molecule has 1 aromatic carbocycles. The highest BCUT2D eigenvalue weighted by Crippen LogP contribution is 2.26. The van der Waals surface area contributed by atoms with Gasteiger partial charge in [-0.3, -0.25) is 4.90 Å². The molecule has 0 atom stereocenters. The third-order valence-corrected chi connectivity index (χ3v) is 5.53. The molecule has 2 heterocycles. The molecule has 0 aromatic heterocycles. The van der Waals surface area contributed by atoms with Gasteiger partial charge in [-0.25, -0.2) is 0 Å². The van der Waals surface area contributed by atoms with E-state index in [4.69, 9.17) is 4.74 Å². The maximum absolute atomic E-state index is 11.8. The summed E-state index contributed by atoms with van der Waals surface area (Å²) in [6.45, 7) is 3.22. The summed E-state index contributed by atoms with van der Waals surface area (Å²) in [6, 6.07) is 6.06. The van der Waals surface area contributed by atoms with Gasteiger partial charge in [0.1, 0.15) is 10.7 Å². The van der Waals surface area contributed by atoms with Crippen LogP contribution in [-0.2, 0) is 23.3 Å². The molecule has 0 aliphatic carbocycles. The molecule has 0 unspecified atom stereocenters. The second-order valence-electron chi connectivity index (χ2n) is 5.90. The lowest BCUT2D eigenvalue weighted by molar-refractivity contribution is 0.351. The molecule has 6 heteroatoms. The molecule has 0 radical (unpaired) electrons. The van der Waals surface area contributed by atoms with E-state index in [1.165, 1.54) is 11.1 Å². The Bertz CT molecular complexity index is 671. The van der Waals surface area contributed by atoms with Crippen molar-refractivity contribution in [2.24, 2.45) is 5.92 Å². The highest BCUT2D eigenvalue weighted by Gasteiger charge is 2.28. The minimum Gasteiger partial charge on any atom is -0.497 e. The van der Waals surface area contributed by atoms with Gasteiger partial charge in [-0.15, -0.1) is 0 Å². The first-order chi connectivity index (χ1) is 10.7. The zero-order chi connectivity index (χ0) is 15.5. The summed E-state index contributed by atoms with van der Waals surface area (Å²) >= 11 is 0. The number of hydrogen-bond donors (Lipinski definition) is 1. The average molecular weight is 322 g/mol. The summed E-state index contributed by atoms with van der Waals surface area (Å²) in [5.41, 5.74) is 2.46. The van der Waals surface area contributed by atoms with Crippen LogP contribution in [0.2, 0.25) is 0 Å². The number of hydrogen-bond acceptors (Lipinski definition) is 4. The van der Waals surface area contributed by atoms with Gasteiger partial charge in [0.25, 0.3) is 0 Å². The van der Waals surface area contributed by atoms with E-state index in [9.17, 15) is 8.42 Å². The Hall–Kier alpha value is -1.37. The fourth-order valence-electron chi connectivity index (χ4n) is 3.41. The summed E-state index contributed by atoms with van der Waals surface area (Å²) in [7, 11) is -0.474. The maximum Gasteiger partial charge on any atom is 0.228 e. The monoisotopic (exact) mass is 322 g/mol. The van der Waals surface area contributed by atoms with Crippen LogP contribution >= 0.6 is 0 Å². The Morgan fingerprint density at radius 2 is 2.05 bits per heavy atom. The van der Waals surface area contributed by atoms with Crippen molar-refractivity contribution in [1.29, 1.82) is 0 Å². The molecule has 3 rings (SSSR count). The molecular formula is C16H22N2O3S. The standard InChI is InChI=1S/C16H22N2O3S/c1-21-15-3-2-14-11-18(9-6-13(14)10-15)16(22(19)20)12-4-7-17-8-5-12/h2-3,10,12,17H,4-9,11H2,1H3. The molecule has 2 aliphatic heterocycles. The molecule has 0 amide bonds. The van der Waals surface area contributed by atoms with Gasteiger partial charge in [0, 0.05) is 19.0 Å². The molecule has 1 N–H and O–H groups in total. The van der Waals surface area contributed by atoms with Gasteiger partial charge < -0.3 is 10.1 Å². The first kappa shape index (κ1) is 15.5. The molecule has 0 bridgehead atoms. The Balaban J connectivity index is 1.84. The summed E-state index contributed by atoms with van der Waals surface area (Å²) in [5.74, 6) is 1.02. The second kappa shape index (κ2) is 6.81. The van der Waals surface area contributed by atoms with Crippen molar-refractivity contribution in [1.82, 2.24) is 10.2 Å². The summed E-state index contributed by atoms with van der Waals surface area (Å²) < 4.78 is 28.8. The van der Waals surface area contributed by atoms with Crippen molar-refractivity contribution in [3.05, 3.63) is 29.3 Å². The van der Waals surface area contributed by atoms with E-state index in [1.54, 1.807) is 7.11 Å². The third kappa shape index (κ3) is 3.19. The van der Waals surface area contributed by atoms with Crippen molar-refractivity contribution in [3.8, 4) is 5.75 Å². The zero-order valence-corrected chi connectivity index (χ0v) is 13.7. The van der Waals surface area contributed by atoms with E-state index in [0.29, 0.717) is 11.5 Å². The second-order valence-corrected chi connectivity index (χ2v) is 6.79. The van der Waals surface area contributed by atoms with Crippen LogP contribution in [0.3, 0.4) is 0 Å². The van der Waals surface area contributed by atoms with Gasteiger partial charge >= 0.3 is 0 Å². The highest BCUT2D eigenvalue weighted by molar-refractivity contribution is 7.72. The minimum absolute atomic E-state index is 0.152. The van der Waals surface area contributed by atoms with Crippen LogP contribution in [0.1, 0.15) is 24.0 Å². The third-order valence-electron chi connectivity index (χ3n) is 4.60. The zero-order valence-electron chi connectivity index (χ0n) is 12.8. The Morgan fingerprint density at radius 3 is 2.73 bits per heavy atom. The molecule has 0 saturated carbocycles. The van der Waals surface area contributed by atoms with E-state index in [-0.39, 0.29) is 5.92 Å². The van der Waals surface area contributed by atoms with Crippen molar-refractivity contribution >= 4 is 15.3 Å². The maximum atomic E-state index is 11.8. The first-order valence-corrected chi connectivity index (χ1v) is 8.84. The van der Waals surface area contributed by atoms with Crippen LogP contribution in [0, 0.1) is 5.92 Å². The Labute approximate surface area is 132 Å². The Kier molecular flexibility index (Phi) is 4.81. The average Bonchev–Trinajstić information content (AvgIpc) is 2.55. The molecule has 5 nitrogen and oxygen atoms in total. The molecule has 22 heavy (non-hydrogen) atoms. The largest absolute Gasteiger partial charge is 0.497 e. The van der Waals surface area contributed by atoms with Crippen molar-refractivity contribution in [2.45, 2.75) is 25.8 Å². The predicted octanol–water partition coefficient (Wildman–Crippen LogP) is 1.06. The van der Waals surface area contributed by atoms with Crippen molar-refractivity contribution < 1.29 is 13.2 Å². The van der Waals surface area contributed by atoms with E-state index in [1.807, 2.05) is 17.0 Å². The molecule has 0 spiro atoms. The number of rotatable bonds is 2. The van der Waals surface area contributed by atoms with Crippen molar-refractivity contribution in [2.75, 3.05) is 26.7 Å². The fourth-order valence-corrected chi connectivity index (χ4v) is 4.29. The number of ether oxygens (including phenoxy) is 1. The van der Waals surface area contributed by atoms with Gasteiger partial charge in [0.2, 0.25) is 10.3 Å². The quantitative estimate of drug-likeness (QED) is 0.825. The van der Waals surface area contributed by atoms with Crippen molar-refractivity contribution in [3.63, 3.8) is 0 Å². The predicted molar refractivity (Wildman–Crippen MR) is 86.6 cm³/mol. The SMILES string of the molecule is COc1ccc2c(c1)CCN(C(C1CCNCC1)=S(=O)=O)C2. The summed E-state index contributed by atoms with van der Waals surface area (Å²) in [6.07, 6.45) is 2.66. The van der Waals surface area contributed by atoms with Crippen LogP contribution in [0.15, 0.2) is 18.2 Å². The number of nitrogens with zero attached hydrogens (tertiary/aromatic N) is 1. The topological polar surface area (TPSA) is 58.6 Å². The molecule has 120 valence electrons. The lowest BCUT2D eigenvalue weighted by Gasteiger charge is -2.33. The summed E-state index contributed by atoms with van der Waals surface area (Å²) in [5, 5.41) is 3.29.